The molecule has 2 heterocycles. The van der Waals surface area contributed by atoms with E-state index in [-0.39, 0.29) is 5.41 Å². The first kappa shape index (κ1) is 21.4. The van der Waals surface area contributed by atoms with Crippen LogP contribution < -0.4 is 4.57 Å². The van der Waals surface area contributed by atoms with Crippen molar-refractivity contribution in [2.75, 3.05) is 0 Å². The minimum Gasteiger partial charge on any atom is -0.454 e. The summed E-state index contributed by atoms with van der Waals surface area (Å²) in [4.78, 5) is 0. The second kappa shape index (κ2) is 9.37. The van der Waals surface area contributed by atoms with Gasteiger partial charge in [0.15, 0.2) is 6.20 Å². The van der Waals surface area contributed by atoms with Crippen molar-refractivity contribution < 1.29 is 13.1 Å². The van der Waals surface area contributed by atoms with Gasteiger partial charge in [-0.05, 0) is 84.2 Å². The molecule has 3 aromatic carbocycles. The Kier molecular flexibility index (Phi) is 5.15. The van der Waals surface area contributed by atoms with Crippen molar-refractivity contribution in [3.8, 4) is 22.4 Å². The van der Waals surface area contributed by atoms with Crippen molar-refractivity contribution in [3.63, 3.8) is 0 Å². The Labute approximate surface area is 236 Å². The van der Waals surface area contributed by atoms with Crippen molar-refractivity contribution in [2.24, 2.45) is 7.05 Å². The molecule has 2 nitrogen and oxygen atoms in total. The molecule has 2 heteroatoms. The van der Waals surface area contributed by atoms with Gasteiger partial charge in [-0.3, -0.25) is 0 Å². The van der Waals surface area contributed by atoms with Crippen LogP contribution in [0.2, 0.25) is 0 Å². The van der Waals surface area contributed by atoms with Crippen LogP contribution in [0.1, 0.15) is 91.1 Å². The molecule has 39 heavy (non-hydrogen) atoms. The van der Waals surface area contributed by atoms with Crippen LogP contribution in [-0.4, -0.2) is 0 Å². The lowest BCUT2D eigenvalue weighted by Gasteiger charge is -2.36. The van der Waals surface area contributed by atoms with Crippen LogP contribution >= 0.6 is 0 Å². The van der Waals surface area contributed by atoms with Gasteiger partial charge < -0.3 is 4.42 Å². The highest BCUT2D eigenvalue weighted by Crippen LogP contribution is 2.47. The topological polar surface area (TPSA) is 17.0 Å². The van der Waals surface area contributed by atoms with E-state index in [0.29, 0.717) is 6.42 Å². The van der Waals surface area contributed by atoms with Gasteiger partial charge in [0.25, 0.3) is 0 Å². The molecular weight excluding hydrogens is 474 g/mol. The molecule has 0 atom stereocenters. The predicted molar refractivity (Wildman–Crippen MR) is 162 cm³/mol. The van der Waals surface area contributed by atoms with Gasteiger partial charge in [-0.1, -0.05) is 75.6 Å². The molecule has 2 aliphatic carbocycles. The van der Waals surface area contributed by atoms with Gasteiger partial charge in [0.2, 0.25) is 5.69 Å². The third-order valence-electron chi connectivity index (χ3n) is 9.25. The Hall–Kier alpha value is -3.39. The van der Waals surface area contributed by atoms with Crippen LogP contribution in [0.4, 0.5) is 0 Å². The Morgan fingerprint density at radius 2 is 1.74 bits per heavy atom. The number of fused-ring (bicyclic) bond motifs is 4. The lowest BCUT2D eigenvalue weighted by molar-refractivity contribution is -0.660. The van der Waals surface area contributed by atoms with E-state index in [1.165, 1.54) is 5.56 Å². The summed E-state index contributed by atoms with van der Waals surface area (Å²) < 4.78 is 36.9. The number of rotatable bonds is 3. The summed E-state index contributed by atoms with van der Waals surface area (Å²) in [5, 5.41) is 2.17. The molecule has 198 valence electrons. The minimum atomic E-state index is -1.44. The van der Waals surface area contributed by atoms with Crippen LogP contribution in [0.15, 0.2) is 71.3 Å². The molecule has 0 radical (unpaired) electrons. The second-order valence-electron chi connectivity index (χ2n) is 12.3. The van der Waals surface area contributed by atoms with Gasteiger partial charge in [0, 0.05) is 32.6 Å². The van der Waals surface area contributed by atoms with Crippen molar-refractivity contribution in [1.82, 2.24) is 0 Å². The number of aromatic nitrogens is 1. The fourth-order valence-electron chi connectivity index (χ4n) is 6.97. The molecule has 1 fully saturated rings. The normalized spacial score (nSPS) is 20.8. The molecule has 0 bridgehead atoms. The van der Waals surface area contributed by atoms with E-state index in [4.69, 9.17) is 7.16 Å². The van der Waals surface area contributed by atoms with E-state index >= 15 is 0 Å². The maximum Gasteiger partial charge on any atom is 0.216 e. The lowest BCUT2D eigenvalue weighted by Crippen LogP contribution is -2.30. The fourth-order valence-corrected chi connectivity index (χ4v) is 6.97. The molecule has 5 aromatic rings. The average molecular weight is 518 g/mol. The first-order chi connectivity index (χ1) is 20.0. The quantitative estimate of drug-likeness (QED) is 0.218. The Bertz CT molecular complexity index is 1860. The zero-order chi connectivity index (χ0) is 29.4. The number of nitrogens with zero attached hydrogens (tertiary/aromatic N) is 1. The van der Waals surface area contributed by atoms with E-state index in [9.17, 15) is 1.37 Å². The smallest absolute Gasteiger partial charge is 0.216 e. The van der Waals surface area contributed by atoms with Crippen molar-refractivity contribution in [1.29, 1.82) is 0 Å². The molecular formula is C37H40NO+. The monoisotopic (exact) mass is 517 g/mol. The van der Waals surface area contributed by atoms with Crippen LogP contribution in [0.3, 0.4) is 0 Å². The molecule has 0 aliphatic heterocycles. The largest absolute Gasteiger partial charge is 0.454 e. The lowest BCUT2D eigenvalue weighted by atomic mass is 9.68. The highest BCUT2D eigenvalue weighted by Gasteiger charge is 2.32. The highest BCUT2D eigenvalue weighted by atomic mass is 16.3. The number of furan rings is 1. The van der Waals surface area contributed by atoms with Gasteiger partial charge >= 0.3 is 0 Å². The average Bonchev–Trinajstić information content (AvgIpc) is 3.35. The van der Waals surface area contributed by atoms with E-state index < -0.39 is 12.3 Å². The first-order valence-electron chi connectivity index (χ1n) is 16.1. The first-order valence-corrected chi connectivity index (χ1v) is 14.6. The van der Waals surface area contributed by atoms with Crippen molar-refractivity contribution in [2.45, 2.75) is 83.4 Å². The van der Waals surface area contributed by atoms with Gasteiger partial charge in [-0.2, -0.15) is 0 Å². The zero-order valence-corrected chi connectivity index (χ0v) is 23.7. The minimum absolute atomic E-state index is 0.176. The number of para-hydroxylation sites is 1. The molecule has 0 unspecified atom stereocenters. The Morgan fingerprint density at radius 1 is 0.923 bits per heavy atom. The standard InChI is InChI=1S/C37H40NO/c1-24-18-19-30-29-15-10-14-27(35(29)39-36(30)34(24)33-17-8-9-21-38(33)4)26-22-31(25-12-6-5-7-13-25)28-16-11-20-37(2,3)32(28)23-26/h8-10,14-15,17-19,21-23,25H,5-7,11-13,16,20H2,1-4H3/q+1/i16D2,25D. The predicted octanol–water partition coefficient (Wildman–Crippen LogP) is 9.71. The van der Waals surface area contributed by atoms with Crippen molar-refractivity contribution >= 4 is 21.9 Å². The third-order valence-corrected chi connectivity index (χ3v) is 9.25. The summed E-state index contributed by atoms with van der Waals surface area (Å²) in [6.07, 6.45) is 6.67. The van der Waals surface area contributed by atoms with Gasteiger partial charge in [-0.25, -0.2) is 4.57 Å². The summed E-state index contributed by atoms with van der Waals surface area (Å²) in [6.45, 7) is 6.62. The third kappa shape index (κ3) is 4.03. The van der Waals surface area contributed by atoms with Gasteiger partial charge in [-0.15, -0.1) is 0 Å². The maximum atomic E-state index is 9.69. The number of hydrogen-bond donors (Lipinski definition) is 0. The molecule has 7 rings (SSSR count). The molecule has 2 aliphatic rings. The Balaban J connectivity index is 1.53. The SMILES string of the molecule is [2H]C1([2H])CCC(C)(C)c2cc(-c3cccc4c3oc3c(-c5cccc[n+]5C)c(C)ccc34)cc(C3([2H])CCCCC3)c21. The highest BCUT2D eigenvalue weighted by molar-refractivity contribution is 6.13. The number of aryl methyl sites for hydroxylation is 2. The maximum absolute atomic E-state index is 9.69. The molecule has 0 saturated heterocycles. The second-order valence-corrected chi connectivity index (χ2v) is 12.3. The van der Waals surface area contributed by atoms with Crippen LogP contribution in [0.25, 0.3) is 44.3 Å². The fraction of sp³-hybridized carbons (Fsp3) is 0.378. The summed E-state index contributed by atoms with van der Waals surface area (Å²) in [5.41, 5.74) is 9.71. The van der Waals surface area contributed by atoms with Crippen LogP contribution in [-0.2, 0) is 18.8 Å². The Morgan fingerprint density at radius 3 is 2.56 bits per heavy atom. The van der Waals surface area contributed by atoms with E-state index in [0.717, 1.165) is 99.5 Å². The molecule has 1 saturated carbocycles. The summed E-state index contributed by atoms with van der Waals surface area (Å²) in [6, 6.07) is 21.3. The van der Waals surface area contributed by atoms with Crippen molar-refractivity contribution in [3.05, 3.63) is 89.1 Å². The number of pyridine rings is 1. The van der Waals surface area contributed by atoms with Gasteiger partial charge in [0.05, 0.1) is 5.56 Å². The molecule has 0 spiro atoms. The van der Waals surface area contributed by atoms with Crippen LogP contribution in [0.5, 0.6) is 0 Å². The van der Waals surface area contributed by atoms with E-state index in [1.807, 2.05) is 6.07 Å². The molecule has 0 amide bonds. The molecule has 2 aromatic heterocycles. The number of hydrogen-bond acceptors (Lipinski definition) is 1. The number of benzene rings is 3. The molecule has 0 N–H and O–H groups in total. The summed E-state index contributed by atoms with van der Waals surface area (Å²) >= 11 is 0. The van der Waals surface area contributed by atoms with E-state index in [1.54, 1.807) is 0 Å². The van der Waals surface area contributed by atoms with E-state index in [2.05, 4.69) is 93.2 Å². The van der Waals surface area contributed by atoms with Gasteiger partial charge in [0.1, 0.15) is 18.2 Å². The summed E-state index contributed by atoms with van der Waals surface area (Å²) in [7, 11) is 2.07. The summed E-state index contributed by atoms with van der Waals surface area (Å²) in [5.74, 6) is -0.771. The van der Waals surface area contributed by atoms with Crippen LogP contribution in [0, 0.1) is 6.92 Å². The zero-order valence-electron chi connectivity index (χ0n) is 26.7.